The molecule has 0 saturated carbocycles. The maximum atomic E-state index is 8.69. The quantitative estimate of drug-likeness (QED) is 0.859. The number of hydrogen-bond donors (Lipinski definition) is 0. The zero-order chi connectivity index (χ0) is 14.3. The minimum Gasteiger partial charge on any atom is -0.331 e. The molecule has 1 aliphatic heterocycles. The third-order valence-corrected chi connectivity index (χ3v) is 4.08. The maximum absolute atomic E-state index is 8.69. The molecule has 2 heterocycles. The second-order valence-electron chi connectivity index (χ2n) is 5.91. The number of fused-ring (bicyclic) bond motifs is 2. The molecule has 20 heavy (non-hydrogen) atoms. The lowest BCUT2D eigenvalue weighted by molar-refractivity contribution is 0.291. The minimum absolute atomic E-state index is 0.439. The van der Waals surface area contributed by atoms with E-state index < -0.39 is 0 Å². The van der Waals surface area contributed by atoms with Gasteiger partial charge in [0.05, 0.1) is 17.1 Å². The van der Waals surface area contributed by atoms with Gasteiger partial charge in [-0.2, -0.15) is 5.26 Å². The van der Waals surface area contributed by atoms with E-state index in [1.165, 1.54) is 16.6 Å². The molecule has 0 radical (unpaired) electrons. The summed E-state index contributed by atoms with van der Waals surface area (Å²) in [5.74, 6) is 1.58. The van der Waals surface area contributed by atoms with E-state index in [0.29, 0.717) is 12.3 Å². The molecular weight excluding hydrogens is 248 g/mol. The van der Waals surface area contributed by atoms with Crippen molar-refractivity contribution in [2.45, 2.75) is 39.3 Å². The number of rotatable bonds is 3. The number of imidazole rings is 1. The molecule has 4 nitrogen and oxygen atoms in total. The van der Waals surface area contributed by atoms with Gasteiger partial charge in [0.2, 0.25) is 0 Å². The number of benzene rings is 1. The summed E-state index contributed by atoms with van der Waals surface area (Å²) < 4.78 is 2.21. The lowest BCUT2D eigenvalue weighted by Gasteiger charge is -2.11. The summed E-state index contributed by atoms with van der Waals surface area (Å²) in [6.45, 7) is 7.11. The molecule has 3 rings (SSSR count). The molecular formula is C16H20N4. The average molecular weight is 268 g/mol. The lowest BCUT2D eigenvalue weighted by Crippen LogP contribution is -2.17. The van der Waals surface area contributed by atoms with E-state index in [9.17, 15) is 0 Å². The summed E-state index contributed by atoms with van der Waals surface area (Å²) in [6.07, 6.45) is 0.600. The summed E-state index contributed by atoms with van der Waals surface area (Å²) in [4.78, 5) is 7.10. The van der Waals surface area contributed by atoms with Crippen molar-refractivity contribution in [2.75, 3.05) is 6.54 Å². The van der Waals surface area contributed by atoms with Crippen LogP contribution in [0.4, 0.5) is 0 Å². The minimum atomic E-state index is 0.439. The summed E-state index contributed by atoms with van der Waals surface area (Å²) in [7, 11) is 2.10. The van der Waals surface area contributed by atoms with Crippen LogP contribution in [0.1, 0.15) is 43.1 Å². The Hall–Kier alpha value is -1.86. The summed E-state index contributed by atoms with van der Waals surface area (Å²) in [5.41, 5.74) is 5.06. The predicted octanol–water partition coefficient (Wildman–Crippen LogP) is 2.93. The highest BCUT2D eigenvalue weighted by atomic mass is 15.1. The van der Waals surface area contributed by atoms with Crippen LogP contribution >= 0.6 is 0 Å². The van der Waals surface area contributed by atoms with Crippen LogP contribution in [0.5, 0.6) is 0 Å². The monoisotopic (exact) mass is 268 g/mol. The van der Waals surface area contributed by atoms with Gasteiger partial charge in [-0.15, -0.1) is 0 Å². The molecule has 0 fully saturated rings. The van der Waals surface area contributed by atoms with Crippen molar-refractivity contribution in [3.05, 3.63) is 29.1 Å². The van der Waals surface area contributed by atoms with Crippen molar-refractivity contribution in [3.8, 4) is 6.07 Å². The van der Waals surface area contributed by atoms with Crippen LogP contribution < -0.4 is 0 Å². The lowest BCUT2D eigenvalue weighted by atomic mass is 10.1. The van der Waals surface area contributed by atoms with Crippen LogP contribution in [0, 0.1) is 11.3 Å². The van der Waals surface area contributed by atoms with Crippen molar-refractivity contribution >= 4 is 11.0 Å². The van der Waals surface area contributed by atoms with E-state index in [2.05, 4.69) is 48.6 Å². The fourth-order valence-corrected chi connectivity index (χ4v) is 3.06. The van der Waals surface area contributed by atoms with Gasteiger partial charge in [0.1, 0.15) is 5.82 Å². The van der Waals surface area contributed by atoms with Crippen LogP contribution in [-0.2, 0) is 20.1 Å². The molecule has 1 aromatic heterocycles. The first-order chi connectivity index (χ1) is 9.60. The van der Waals surface area contributed by atoms with Gasteiger partial charge in [-0.25, -0.2) is 4.98 Å². The molecule has 0 atom stereocenters. The Morgan fingerprint density at radius 1 is 1.30 bits per heavy atom. The highest BCUT2D eigenvalue weighted by Crippen LogP contribution is 2.29. The molecule has 0 aliphatic carbocycles. The second kappa shape index (κ2) is 4.92. The Morgan fingerprint density at radius 2 is 2.00 bits per heavy atom. The van der Waals surface area contributed by atoms with Crippen LogP contribution in [0.15, 0.2) is 12.1 Å². The van der Waals surface area contributed by atoms with Crippen molar-refractivity contribution in [1.29, 1.82) is 5.26 Å². The highest BCUT2D eigenvalue weighted by molar-refractivity contribution is 5.78. The Balaban J connectivity index is 1.96. The van der Waals surface area contributed by atoms with E-state index in [-0.39, 0.29) is 0 Å². The molecule has 4 heteroatoms. The number of hydrogen-bond acceptors (Lipinski definition) is 3. The predicted molar refractivity (Wildman–Crippen MR) is 79.1 cm³/mol. The average Bonchev–Trinajstić information content (AvgIpc) is 2.95. The summed E-state index contributed by atoms with van der Waals surface area (Å²) in [6, 6.07) is 6.72. The third kappa shape index (κ3) is 2.08. The van der Waals surface area contributed by atoms with Crippen molar-refractivity contribution in [1.82, 2.24) is 14.5 Å². The van der Waals surface area contributed by atoms with E-state index >= 15 is 0 Å². The smallest absolute Gasteiger partial charge is 0.112 e. The van der Waals surface area contributed by atoms with Crippen molar-refractivity contribution < 1.29 is 0 Å². The second-order valence-corrected chi connectivity index (χ2v) is 5.91. The number of aromatic nitrogens is 2. The number of nitriles is 1. The first-order valence-corrected chi connectivity index (χ1v) is 7.17. The first-order valence-electron chi connectivity index (χ1n) is 7.17. The fourth-order valence-electron chi connectivity index (χ4n) is 3.06. The van der Waals surface area contributed by atoms with Crippen LogP contribution in [0.3, 0.4) is 0 Å². The largest absolute Gasteiger partial charge is 0.331 e. The molecule has 0 unspecified atom stereocenters. The Labute approximate surface area is 119 Å². The molecule has 1 aromatic carbocycles. The molecule has 2 aromatic rings. The topological polar surface area (TPSA) is 44.9 Å². The zero-order valence-corrected chi connectivity index (χ0v) is 12.3. The van der Waals surface area contributed by atoms with E-state index in [0.717, 1.165) is 31.0 Å². The molecule has 0 saturated heterocycles. The van der Waals surface area contributed by atoms with Gasteiger partial charge in [-0.1, -0.05) is 13.8 Å². The van der Waals surface area contributed by atoms with Gasteiger partial charge >= 0.3 is 0 Å². The van der Waals surface area contributed by atoms with Gasteiger partial charge in [0.25, 0.3) is 0 Å². The zero-order valence-electron chi connectivity index (χ0n) is 12.3. The SMILES string of the molecule is CC(C)c1nc2cc3c(cc2n1C)CN(CCC#N)C3. The summed E-state index contributed by atoms with van der Waals surface area (Å²) in [5, 5.41) is 8.69. The van der Waals surface area contributed by atoms with E-state index in [1.807, 2.05) is 0 Å². The van der Waals surface area contributed by atoms with Crippen molar-refractivity contribution in [3.63, 3.8) is 0 Å². The molecule has 0 N–H and O–H groups in total. The maximum Gasteiger partial charge on any atom is 0.112 e. The Kier molecular flexibility index (Phi) is 3.23. The standard InChI is InChI=1S/C16H20N4/c1-11(2)16-18-14-7-12-9-20(6-4-5-17)10-13(12)8-15(14)19(16)3/h7-8,11H,4,6,9-10H2,1-3H3. The molecule has 104 valence electrons. The van der Waals surface area contributed by atoms with Gasteiger partial charge in [0, 0.05) is 39.0 Å². The molecule has 0 spiro atoms. The van der Waals surface area contributed by atoms with E-state index in [4.69, 9.17) is 10.2 Å². The molecule has 1 aliphatic rings. The Bertz CT molecular complexity index is 691. The van der Waals surface area contributed by atoms with Crippen LogP contribution in [-0.4, -0.2) is 21.0 Å². The van der Waals surface area contributed by atoms with Gasteiger partial charge < -0.3 is 4.57 Å². The molecule has 0 bridgehead atoms. The van der Waals surface area contributed by atoms with Gasteiger partial charge in [0.15, 0.2) is 0 Å². The van der Waals surface area contributed by atoms with Gasteiger partial charge in [-0.05, 0) is 23.3 Å². The normalized spacial score (nSPS) is 14.9. The van der Waals surface area contributed by atoms with Crippen LogP contribution in [0.2, 0.25) is 0 Å². The fraction of sp³-hybridized carbons (Fsp3) is 0.500. The van der Waals surface area contributed by atoms with Gasteiger partial charge in [-0.3, -0.25) is 4.90 Å². The summed E-state index contributed by atoms with van der Waals surface area (Å²) >= 11 is 0. The number of nitrogens with zero attached hydrogens (tertiary/aromatic N) is 4. The van der Waals surface area contributed by atoms with Crippen molar-refractivity contribution in [2.24, 2.45) is 7.05 Å². The number of aryl methyl sites for hydroxylation is 1. The highest BCUT2D eigenvalue weighted by Gasteiger charge is 2.21. The van der Waals surface area contributed by atoms with Crippen LogP contribution in [0.25, 0.3) is 11.0 Å². The Morgan fingerprint density at radius 3 is 2.65 bits per heavy atom. The van der Waals surface area contributed by atoms with E-state index in [1.54, 1.807) is 0 Å². The third-order valence-electron chi connectivity index (χ3n) is 4.08. The molecule has 0 amide bonds. The first kappa shape index (κ1) is 13.1.